The zero-order chi connectivity index (χ0) is 18.7. The maximum Gasteiger partial charge on any atom is 0.306 e. The molecule has 1 unspecified atom stereocenters. The molecule has 0 aliphatic carbocycles. The summed E-state index contributed by atoms with van der Waals surface area (Å²) in [6.07, 6.45) is 1.25. The van der Waals surface area contributed by atoms with Gasteiger partial charge >= 0.3 is 5.97 Å². The first-order valence-corrected chi connectivity index (χ1v) is 9.02. The first-order valence-electron chi connectivity index (χ1n) is 8.23. The van der Waals surface area contributed by atoms with E-state index in [4.69, 9.17) is 4.74 Å². The fraction of sp³-hybridized carbons (Fsp3) is 0.263. The highest BCUT2D eigenvalue weighted by molar-refractivity contribution is 9.10. The van der Waals surface area contributed by atoms with Crippen LogP contribution in [0.1, 0.15) is 47.6 Å². The van der Waals surface area contributed by atoms with Gasteiger partial charge in [-0.15, -0.1) is 0 Å². The number of aromatic nitrogens is 3. The molecular formula is C19H18BrN3O3. The first kappa shape index (κ1) is 18.3. The van der Waals surface area contributed by atoms with Gasteiger partial charge in [0, 0.05) is 22.7 Å². The SMILES string of the molecule is Cc1ccc(C(=O)CCC(=O)OC(C)c2nc3ncc(Br)cc3[nH]2)cc1. The fourth-order valence-electron chi connectivity index (χ4n) is 2.50. The van der Waals surface area contributed by atoms with Gasteiger partial charge < -0.3 is 9.72 Å². The van der Waals surface area contributed by atoms with Gasteiger partial charge in [-0.3, -0.25) is 9.59 Å². The minimum absolute atomic E-state index is 0.0288. The van der Waals surface area contributed by atoms with E-state index in [0.717, 1.165) is 15.6 Å². The molecule has 0 spiro atoms. The zero-order valence-corrected chi connectivity index (χ0v) is 16.0. The first-order chi connectivity index (χ1) is 12.4. The van der Waals surface area contributed by atoms with Crippen LogP contribution >= 0.6 is 15.9 Å². The summed E-state index contributed by atoms with van der Waals surface area (Å²) in [6.45, 7) is 3.69. The van der Waals surface area contributed by atoms with E-state index >= 15 is 0 Å². The Balaban J connectivity index is 1.56. The molecule has 0 fully saturated rings. The Morgan fingerprint density at radius 2 is 1.96 bits per heavy atom. The molecule has 0 aliphatic heterocycles. The molecule has 0 aliphatic rings. The molecule has 7 heteroatoms. The highest BCUT2D eigenvalue weighted by atomic mass is 79.9. The number of hydrogen-bond donors (Lipinski definition) is 1. The summed E-state index contributed by atoms with van der Waals surface area (Å²) in [5.74, 6) is 0.00348. The highest BCUT2D eigenvalue weighted by Gasteiger charge is 2.17. The third-order valence-electron chi connectivity index (χ3n) is 3.95. The summed E-state index contributed by atoms with van der Waals surface area (Å²) in [4.78, 5) is 35.8. The molecule has 2 aromatic heterocycles. The average Bonchev–Trinajstić information content (AvgIpc) is 3.03. The number of halogens is 1. The Labute approximate surface area is 159 Å². The molecular weight excluding hydrogens is 398 g/mol. The molecule has 2 heterocycles. The van der Waals surface area contributed by atoms with E-state index in [1.807, 2.05) is 25.1 Å². The van der Waals surface area contributed by atoms with E-state index in [9.17, 15) is 9.59 Å². The van der Waals surface area contributed by atoms with E-state index in [1.165, 1.54) is 0 Å². The number of Topliss-reactive ketones (excluding diaryl/α,β-unsaturated/α-hetero) is 1. The Kier molecular flexibility index (Phi) is 5.46. The van der Waals surface area contributed by atoms with Crippen molar-refractivity contribution in [3.8, 4) is 0 Å². The molecule has 26 heavy (non-hydrogen) atoms. The zero-order valence-electron chi connectivity index (χ0n) is 14.5. The van der Waals surface area contributed by atoms with E-state index in [0.29, 0.717) is 17.0 Å². The number of benzene rings is 1. The third kappa shape index (κ3) is 4.35. The number of rotatable bonds is 6. The van der Waals surface area contributed by atoms with E-state index < -0.39 is 12.1 Å². The number of hydrogen-bond acceptors (Lipinski definition) is 5. The molecule has 0 bridgehead atoms. The van der Waals surface area contributed by atoms with Gasteiger partial charge in [-0.25, -0.2) is 9.97 Å². The Morgan fingerprint density at radius 1 is 1.23 bits per heavy atom. The number of pyridine rings is 1. The summed E-state index contributed by atoms with van der Waals surface area (Å²) < 4.78 is 6.21. The number of aryl methyl sites for hydroxylation is 1. The molecule has 6 nitrogen and oxygen atoms in total. The number of ketones is 1. The number of carbonyl (C=O) groups excluding carboxylic acids is 2. The van der Waals surface area contributed by atoms with Gasteiger partial charge in [-0.05, 0) is 35.8 Å². The van der Waals surface area contributed by atoms with Crippen molar-refractivity contribution < 1.29 is 14.3 Å². The molecule has 3 rings (SSSR count). The van der Waals surface area contributed by atoms with Crippen molar-refractivity contribution in [1.29, 1.82) is 0 Å². The Hall–Kier alpha value is -2.54. The van der Waals surface area contributed by atoms with Gasteiger partial charge in [0.1, 0.15) is 5.82 Å². The molecule has 134 valence electrons. The van der Waals surface area contributed by atoms with Gasteiger partial charge in [-0.1, -0.05) is 29.8 Å². The molecule has 1 N–H and O–H groups in total. The standard InChI is InChI=1S/C19H18BrN3O3/c1-11-3-5-13(6-4-11)16(24)7-8-17(25)26-12(2)18-22-15-9-14(20)10-21-19(15)23-18/h3-6,9-10,12H,7-8H2,1-2H3,(H,21,22,23). The Bertz CT molecular complexity index is 950. The second-order valence-electron chi connectivity index (χ2n) is 6.07. The number of carbonyl (C=O) groups is 2. The van der Waals surface area contributed by atoms with Crippen LogP contribution in [0.3, 0.4) is 0 Å². The number of nitrogens with zero attached hydrogens (tertiary/aromatic N) is 2. The predicted octanol–water partition coefficient (Wildman–Crippen LogP) is 4.30. The largest absolute Gasteiger partial charge is 0.454 e. The lowest BCUT2D eigenvalue weighted by Crippen LogP contribution is -2.12. The van der Waals surface area contributed by atoms with Crippen LogP contribution in [0, 0.1) is 6.92 Å². The van der Waals surface area contributed by atoms with Crippen LogP contribution in [0.5, 0.6) is 0 Å². The van der Waals surface area contributed by atoms with Crippen LogP contribution in [-0.2, 0) is 9.53 Å². The molecule has 1 atom stereocenters. The van der Waals surface area contributed by atoms with Crippen molar-refractivity contribution in [2.24, 2.45) is 0 Å². The normalized spacial score (nSPS) is 12.1. The number of imidazole rings is 1. The second kappa shape index (κ2) is 7.78. The molecule has 0 radical (unpaired) electrons. The highest BCUT2D eigenvalue weighted by Crippen LogP contribution is 2.20. The van der Waals surface area contributed by atoms with Gasteiger partial charge in [-0.2, -0.15) is 0 Å². The van der Waals surface area contributed by atoms with E-state index in [2.05, 4.69) is 30.9 Å². The lowest BCUT2D eigenvalue weighted by molar-refractivity contribution is -0.148. The molecule has 0 saturated carbocycles. The van der Waals surface area contributed by atoms with Gasteiger partial charge in [0.15, 0.2) is 17.5 Å². The quantitative estimate of drug-likeness (QED) is 0.479. The molecule has 0 saturated heterocycles. The van der Waals surface area contributed by atoms with Gasteiger partial charge in [0.2, 0.25) is 0 Å². The van der Waals surface area contributed by atoms with Crippen molar-refractivity contribution in [3.63, 3.8) is 0 Å². The summed E-state index contributed by atoms with van der Waals surface area (Å²) in [7, 11) is 0. The third-order valence-corrected chi connectivity index (χ3v) is 4.38. The minimum atomic E-state index is -0.551. The summed E-state index contributed by atoms with van der Waals surface area (Å²) >= 11 is 3.35. The van der Waals surface area contributed by atoms with Gasteiger partial charge in [0.25, 0.3) is 0 Å². The number of fused-ring (bicyclic) bond motifs is 1. The van der Waals surface area contributed by atoms with Gasteiger partial charge in [0.05, 0.1) is 11.9 Å². The molecule has 1 aromatic carbocycles. The monoisotopic (exact) mass is 415 g/mol. The molecule has 3 aromatic rings. The lowest BCUT2D eigenvalue weighted by atomic mass is 10.1. The summed E-state index contributed by atoms with van der Waals surface area (Å²) in [5, 5.41) is 0. The van der Waals surface area contributed by atoms with E-state index in [-0.39, 0.29) is 18.6 Å². The summed E-state index contributed by atoms with van der Waals surface area (Å²) in [5.41, 5.74) is 3.00. The number of nitrogens with one attached hydrogen (secondary N) is 1. The maximum absolute atomic E-state index is 12.1. The van der Waals surface area contributed by atoms with Crippen LogP contribution in [0.15, 0.2) is 41.0 Å². The van der Waals surface area contributed by atoms with Crippen molar-refractivity contribution in [1.82, 2.24) is 15.0 Å². The van der Waals surface area contributed by atoms with Crippen LogP contribution in [-0.4, -0.2) is 26.7 Å². The van der Waals surface area contributed by atoms with Crippen LogP contribution < -0.4 is 0 Å². The average molecular weight is 416 g/mol. The lowest BCUT2D eigenvalue weighted by Gasteiger charge is -2.10. The van der Waals surface area contributed by atoms with Crippen molar-refractivity contribution in [2.75, 3.05) is 0 Å². The van der Waals surface area contributed by atoms with E-state index in [1.54, 1.807) is 25.3 Å². The fourth-order valence-corrected chi connectivity index (χ4v) is 2.83. The maximum atomic E-state index is 12.1. The van der Waals surface area contributed by atoms with Crippen LogP contribution in [0.4, 0.5) is 0 Å². The topological polar surface area (TPSA) is 84.9 Å². The van der Waals surface area contributed by atoms with Crippen LogP contribution in [0.2, 0.25) is 0 Å². The van der Waals surface area contributed by atoms with Crippen molar-refractivity contribution in [2.45, 2.75) is 32.8 Å². The number of ether oxygens (including phenoxy) is 1. The number of H-pyrrole nitrogens is 1. The second-order valence-corrected chi connectivity index (χ2v) is 6.98. The number of aromatic amines is 1. The predicted molar refractivity (Wildman–Crippen MR) is 101 cm³/mol. The number of esters is 1. The molecule has 0 amide bonds. The Morgan fingerprint density at radius 3 is 2.69 bits per heavy atom. The smallest absolute Gasteiger partial charge is 0.306 e. The van der Waals surface area contributed by atoms with Crippen molar-refractivity contribution >= 4 is 38.8 Å². The van der Waals surface area contributed by atoms with Crippen LogP contribution in [0.25, 0.3) is 11.2 Å². The van der Waals surface area contributed by atoms with Crippen molar-refractivity contribution in [3.05, 3.63) is 58.0 Å². The minimum Gasteiger partial charge on any atom is -0.454 e. The summed E-state index contributed by atoms with van der Waals surface area (Å²) in [6, 6.07) is 9.15.